The van der Waals surface area contributed by atoms with Gasteiger partial charge in [0.25, 0.3) is 0 Å². The summed E-state index contributed by atoms with van der Waals surface area (Å²) in [5.74, 6) is 0.972. The summed E-state index contributed by atoms with van der Waals surface area (Å²) in [5.41, 5.74) is 0.899. The van der Waals surface area contributed by atoms with Gasteiger partial charge in [-0.05, 0) is 65.1 Å². The van der Waals surface area contributed by atoms with Gasteiger partial charge in [0.1, 0.15) is 17.1 Å². The first-order valence-corrected chi connectivity index (χ1v) is 11.3. The minimum Gasteiger partial charge on any atom is -0.598 e. The lowest BCUT2D eigenvalue weighted by Crippen LogP contribution is -2.43. The van der Waals surface area contributed by atoms with Gasteiger partial charge in [0, 0.05) is 23.0 Å². The van der Waals surface area contributed by atoms with Crippen molar-refractivity contribution in [2.24, 2.45) is 5.92 Å². The normalized spacial score (nSPS) is 20.6. The SMILES string of the molecule is C=CCOc1cc(Cl)c(Cl)cc1[C@H](N[S@@+]([O-])C(C)(C)C)C1CCCNCC1. The summed E-state index contributed by atoms with van der Waals surface area (Å²) in [7, 11) is 0. The Morgan fingerprint density at radius 3 is 2.70 bits per heavy atom. The molecule has 0 saturated carbocycles. The molecule has 1 aromatic rings. The molecule has 27 heavy (non-hydrogen) atoms. The molecule has 1 fully saturated rings. The largest absolute Gasteiger partial charge is 0.598 e. The third-order valence-corrected chi connectivity index (χ3v) is 6.93. The van der Waals surface area contributed by atoms with Gasteiger partial charge in [0.05, 0.1) is 16.1 Å². The lowest BCUT2D eigenvalue weighted by atomic mass is 9.87. The van der Waals surface area contributed by atoms with Crippen LogP contribution in [0.5, 0.6) is 5.75 Å². The zero-order valence-electron chi connectivity index (χ0n) is 16.3. The van der Waals surface area contributed by atoms with Crippen molar-refractivity contribution in [1.82, 2.24) is 10.0 Å². The fourth-order valence-electron chi connectivity index (χ4n) is 3.15. The first-order valence-electron chi connectivity index (χ1n) is 9.35. The average molecular weight is 433 g/mol. The topological polar surface area (TPSA) is 56.3 Å². The van der Waals surface area contributed by atoms with Crippen LogP contribution in [0.2, 0.25) is 10.0 Å². The number of hydrogen-bond acceptors (Lipinski definition) is 4. The molecule has 1 heterocycles. The minimum atomic E-state index is -1.22. The van der Waals surface area contributed by atoms with Gasteiger partial charge < -0.3 is 14.6 Å². The molecule has 2 N–H and O–H groups in total. The standard InChI is InChI=1S/C20H30Cl2N2O2S/c1-5-11-26-18-13-17(22)16(21)12-15(18)19(24-27(25)20(2,3)4)14-7-6-9-23-10-8-14/h5,12-14,19,23-24H,1,6-11H2,2-4H3/t14?,19-,27+/m1/s1. The summed E-state index contributed by atoms with van der Waals surface area (Å²) >= 11 is 11.3. The monoisotopic (exact) mass is 432 g/mol. The molecule has 3 atom stereocenters. The molecule has 0 bridgehead atoms. The van der Waals surface area contributed by atoms with Crippen LogP contribution in [0.15, 0.2) is 24.8 Å². The Balaban J connectivity index is 2.44. The van der Waals surface area contributed by atoms with Crippen LogP contribution in [-0.4, -0.2) is 29.0 Å². The van der Waals surface area contributed by atoms with Crippen molar-refractivity contribution in [3.05, 3.63) is 40.4 Å². The molecule has 0 aromatic heterocycles. The molecule has 1 aromatic carbocycles. The Hall–Kier alpha value is -0.430. The highest BCUT2D eigenvalue weighted by Crippen LogP contribution is 2.40. The van der Waals surface area contributed by atoms with Gasteiger partial charge in [-0.3, -0.25) is 0 Å². The molecule has 0 radical (unpaired) electrons. The van der Waals surface area contributed by atoms with Crippen LogP contribution in [-0.2, 0) is 11.4 Å². The van der Waals surface area contributed by atoms with Gasteiger partial charge in [-0.15, -0.1) is 4.72 Å². The maximum atomic E-state index is 12.9. The number of nitrogens with one attached hydrogen (secondary N) is 2. The van der Waals surface area contributed by atoms with E-state index in [1.54, 1.807) is 12.1 Å². The van der Waals surface area contributed by atoms with E-state index < -0.39 is 11.4 Å². The summed E-state index contributed by atoms with van der Waals surface area (Å²) in [4.78, 5) is 0. The zero-order chi connectivity index (χ0) is 20.0. The number of hydrogen-bond donors (Lipinski definition) is 2. The number of benzene rings is 1. The molecule has 152 valence electrons. The summed E-state index contributed by atoms with van der Waals surface area (Å²) in [6, 6.07) is 3.45. The quantitative estimate of drug-likeness (QED) is 0.467. The first kappa shape index (κ1) is 22.9. The summed E-state index contributed by atoms with van der Waals surface area (Å²) in [6.45, 7) is 11.9. The smallest absolute Gasteiger partial charge is 0.136 e. The van der Waals surface area contributed by atoms with Crippen LogP contribution in [0.1, 0.15) is 51.6 Å². The highest BCUT2D eigenvalue weighted by molar-refractivity contribution is 7.90. The maximum Gasteiger partial charge on any atom is 0.136 e. The Morgan fingerprint density at radius 2 is 2.04 bits per heavy atom. The van der Waals surface area contributed by atoms with Gasteiger partial charge >= 0.3 is 0 Å². The maximum absolute atomic E-state index is 12.9. The van der Waals surface area contributed by atoms with Crippen LogP contribution in [0.4, 0.5) is 0 Å². The van der Waals surface area contributed by atoms with Crippen LogP contribution < -0.4 is 14.8 Å². The summed E-state index contributed by atoms with van der Waals surface area (Å²) < 4.78 is 21.8. The van der Waals surface area contributed by atoms with Crippen LogP contribution in [0.25, 0.3) is 0 Å². The molecule has 1 unspecified atom stereocenters. The fourth-order valence-corrected chi connectivity index (χ4v) is 4.38. The van der Waals surface area contributed by atoms with Crippen LogP contribution in [0.3, 0.4) is 0 Å². The van der Waals surface area contributed by atoms with Gasteiger partial charge in [0.2, 0.25) is 0 Å². The van der Waals surface area contributed by atoms with Crippen molar-refractivity contribution in [3.63, 3.8) is 0 Å². The minimum absolute atomic E-state index is 0.139. The molecular weight excluding hydrogens is 403 g/mol. The van der Waals surface area contributed by atoms with Crippen LogP contribution >= 0.6 is 23.2 Å². The number of halogens is 2. The molecule has 0 amide bonds. The molecule has 0 spiro atoms. The predicted molar refractivity (Wildman–Crippen MR) is 116 cm³/mol. The van der Waals surface area contributed by atoms with E-state index in [2.05, 4.69) is 16.6 Å². The van der Waals surface area contributed by atoms with E-state index in [4.69, 9.17) is 27.9 Å². The first-order chi connectivity index (χ1) is 12.7. The van der Waals surface area contributed by atoms with E-state index in [9.17, 15) is 4.55 Å². The fraction of sp³-hybridized carbons (Fsp3) is 0.600. The lowest BCUT2D eigenvalue weighted by Gasteiger charge is -2.33. The van der Waals surface area contributed by atoms with E-state index in [0.29, 0.717) is 28.3 Å². The molecule has 1 aliphatic rings. The highest BCUT2D eigenvalue weighted by Gasteiger charge is 2.35. The Morgan fingerprint density at radius 1 is 1.33 bits per heavy atom. The Labute approximate surface area is 176 Å². The van der Waals surface area contributed by atoms with Crippen molar-refractivity contribution in [3.8, 4) is 5.75 Å². The second kappa shape index (κ2) is 10.4. The molecule has 1 aliphatic heterocycles. The summed E-state index contributed by atoms with van der Waals surface area (Å²) in [5, 5.41) is 4.35. The third-order valence-electron chi connectivity index (χ3n) is 4.63. The van der Waals surface area contributed by atoms with E-state index in [-0.39, 0.29) is 10.8 Å². The predicted octanol–water partition coefficient (Wildman–Crippen LogP) is 5.04. The Kier molecular flexibility index (Phi) is 8.78. The molecule has 1 saturated heterocycles. The lowest BCUT2D eigenvalue weighted by molar-refractivity contribution is 0.327. The Bertz CT molecular complexity index is 629. The molecular formula is C20H30Cl2N2O2S. The van der Waals surface area contributed by atoms with Crippen molar-refractivity contribution in [1.29, 1.82) is 0 Å². The van der Waals surface area contributed by atoms with Crippen molar-refractivity contribution in [2.45, 2.75) is 50.8 Å². The molecule has 2 rings (SSSR count). The van der Waals surface area contributed by atoms with Gasteiger partial charge in [0.15, 0.2) is 0 Å². The van der Waals surface area contributed by atoms with Crippen molar-refractivity contribution < 1.29 is 9.29 Å². The van der Waals surface area contributed by atoms with Crippen molar-refractivity contribution in [2.75, 3.05) is 19.7 Å². The van der Waals surface area contributed by atoms with Gasteiger partial charge in [-0.2, -0.15) is 0 Å². The van der Waals surface area contributed by atoms with Gasteiger partial charge in [-0.25, -0.2) is 0 Å². The summed E-state index contributed by atoms with van der Waals surface area (Å²) in [6.07, 6.45) is 4.79. The van der Waals surface area contributed by atoms with Gasteiger partial charge in [-0.1, -0.05) is 35.9 Å². The number of ether oxygens (including phenoxy) is 1. The molecule has 0 aliphatic carbocycles. The zero-order valence-corrected chi connectivity index (χ0v) is 18.6. The van der Waals surface area contributed by atoms with E-state index in [1.807, 2.05) is 26.8 Å². The number of rotatable bonds is 7. The van der Waals surface area contributed by atoms with E-state index in [1.165, 1.54) is 0 Å². The van der Waals surface area contributed by atoms with E-state index >= 15 is 0 Å². The van der Waals surface area contributed by atoms with E-state index in [0.717, 1.165) is 37.9 Å². The van der Waals surface area contributed by atoms with Crippen molar-refractivity contribution >= 4 is 34.6 Å². The molecule has 4 nitrogen and oxygen atoms in total. The average Bonchev–Trinajstić information content (AvgIpc) is 2.88. The van der Waals surface area contributed by atoms with Crippen LogP contribution in [0, 0.1) is 5.92 Å². The molecule has 7 heteroatoms. The second-order valence-electron chi connectivity index (χ2n) is 7.82. The highest BCUT2D eigenvalue weighted by atomic mass is 35.5. The second-order valence-corrected chi connectivity index (χ2v) is 10.6. The third kappa shape index (κ3) is 6.55.